The van der Waals surface area contributed by atoms with Gasteiger partial charge in [-0.05, 0) is 26.0 Å². The fourth-order valence-electron chi connectivity index (χ4n) is 2.39. The molecule has 108 valence electrons. The zero-order valence-corrected chi connectivity index (χ0v) is 12.4. The average Bonchev–Trinajstić information content (AvgIpc) is 3.09. The molecule has 0 saturated carbocycles. The minimum atomic E-state index is 0.180. The Hall–Kier alpha value is -2.63. The van der Waals surface area contributed by atoms with Crippen molar-refractivity contribution in [3.05, 3.63) is 54.5 Å². The van der Waals surface area contributed by atoms with E-state index in [0.29, 0.717) is 0 Å². The van der Waals surface area contributed by atoms with Crippen LogP contribution in [0.2, 0.25) is 0 Å². The fourth-order valence-corrected chi connectivity index (χ4v) is 2.39. The number of nitrogens with one attached hydrogen (secondary N) is 1. The van der Waals surface area contributed by atoms with Gasteiger partial charge in [-0.15, -0.1) is 0 Å². The third-order valence-corrected chi connectivity index (χ3v) is 3.42. The van der Waals surface area contributed by atoms with Crippen LogP contribution in [0.15, 0.2) is 43.2 Å². The molecular weight excluding hydrogens is 264 g/mol. The van der Waals surface area contributed by atoms with Crippen LogP contribution in [0.5, 0.6) is 0 Å². The van der Waals surface area contributed by atoms with Crippen molar-refractivity contribution in [3.8, 4) is 5.82 Å². The molecule has 3 heterocycles. The molecule has 0 amide bonds. The summed E-state index contributed by atoms with van der Waals surface area (Å²) >= 11 is 0. The van der Waals surface area contributed by atoms with Crippen LogP contribution in [0.25, 0.3) is 5.82 Å². The Balaban J connectivity index is 1.74. The summed E-state index contributed by atoms with van der Waals surface area (Å²) in [5.41, 5.74) is 3.21. The van der Waals surface area contributed by atoms with Gasteiger partial charge in [-0.25, -0.2) is 9.97 Å². The van der Waals surface area contributed by atoms with Crippen LogP contribution in [0.3, 0.4) is 0 Å². The van der Waals surface area contributed by atoms with Gasteiger partial charge in [-0.1, -0.05) is 0 Å². The molecule has 0 fully saturated rings. The maximum absolute atomic E-state index is 4.44. The summed E-state index contributed by atoms with van der Waals surface area (Å²) in [4.78, 5) is 8.45. The molecule has 0 saturated heterocycles. The number of aryl methyl sites for hydroxylation is 2. The molecular formula is C15H18N6. The highest BCUT2D eigenvalue weighted by molar-refractivity contribution is 5.46. The van der Waals surface area contributed by atoms with Crippen LogP contribution in [-0.4, -0.2) is 24.3 Å². The highest BCUT2D eigenvalue weighted by Crippen LogP contribution is 2.21. The van der Waals surface area contributed by atoms with Gasteiger partial charge in [0.1, 0.15) is 12.1 Å². The highest BCUT2D eigenvalue weighted by Gasteiger charge is 2.11. The summed E-state index contributed by atoms with van der Waals surface area (Å²) in [5, 5.41) is 7.82. The first kappa shape index (κ1) is 13.4. The van der Waals surface area contributed by atoms with Gasteiger partial charge in [0.2, 0.25) is 0 Å². The van der Waals surface area contributed by atoms with Crippen LogP contribution >= 0.6 is 0 Å². The lowest BCUT2D eigenvalue weighted by molar-refractivity contribution is 0.756. The summed E-state index contributed by atoms with van der Waals surface area (Å²) in [6.45, 7) is 4.14. The Morgan fingerprint density at radius 2 is 2.14 bits per heavy atom. The minimum Gasteiger partial charge on any atom is -0.377 e. The number of hydrogen-bond acceptors (Lipinski definition) is 4. The molecule has 21 heavy (non-hydrogen) atoms. The van der Waals surface area contributed by atoms with Crippen LogP contribution in [-0.2, 0) is 7.05 Å². The number of pyridine rings is 1. The molecule has 6 heteroatoms. The first-order chi connectivity index (χ1) is 10.1. The standard InChI is InChI=1S/C15H18N6/c1-11(14-9-20(3)19-12(14)2)18-13-4-5-15(17-8-13)21-7-6-16-10-21/h4-11,18H,1-3H3. The highest BCUT2D eigenvalue weighted by atomic mass is 15.3. The zero-order valence-electron chi connectivity index (χ0n) is 12.4. The number of hydrogen-bond donors (Lipinski definition) is 1. The summed E-state index contributed by atoms with van der Waals surface area (Å²) in [6, 6.07) is 4.16. The van der Waals surface area contributed by atoms with Crippen molar-refractivity contribution in [3.63, 3.8) is 0 Å². The van der Waals surface area contributed by atoms with Crippen molar-refractivity contribution in [2.75, 3.05) is 5.32 Å². The van der Waals surface area contributed by atoms with E-state index in [4.69, 9.17) is 0 Å². The van der Waals surface area contributed by atoms with Crippen molar-refractivity contribution in [2.24, 2.45) is 7.05 Å². The van der Waals surface area contributed by atoms with Gasteiger partial charge < -0.3 is 5.32 Å². The van der Waals surface area contributed by atoms with Gasteiger partial charge >= 0.3 is 0 Å². The number of anilines is 1. The second kappa shape index (κ2) is 5.40. The molecule has 0 aromatic carbocycles. The van der Waals surface area contributed by atoms with E-state index in [9.17, 15) is 0 Å². The Morgan fingerprint density at radius 3 is 2.71 bits per heavy atom. The van der Waals surface area contributed by atoms with Crippen molar-refractivity contribution < 1.29 is 0 Å². The van der Waals surface area contributed by atoms with E-state index in [1.165, 1.54) is 5.56 Å². The third-order valence-electron chi connectivity index (χ3n) is 3.42. The van der Waals surface area contributed by atoms with Crippen molar-refractivity contribution in [1.29, 1.82) is 0 Å². The predicted octanol–water partition coefficient (Wildman–Crippen LogP) is 2.48. The lowest BCUT2D eigenvalue weighted by Gasteiger charge is -2.14. The van der Waals surface area contributed by atoms with Crippen molar-refractivity contribution in [2.45, 2.75) is 19.9 Å². The molecule has 0 bridgehead atoms. The molecule has 0 aliphatic heterocycles. The number of imidazole rings is 1. The third kappa shape index (κ3) is 2.79. The van der Waals surface area contributed by atoms with Gasteiger partial charge in [0.05, 0.1) is 23.6 Å². The second-order valence-corrected chi connectivity index (χ2v) is 5.08. The van der Waals surface area contributed by atoms with Crippen LogP contribution in [0.4, 0.5) is 5.69 Å². The molecule has 0 spiro atoms. The van der Waals surface area contributed by atoms with E-state index in [0.717, 1.165) is 17.2 Å². The van der Waals surface area contributed by atoms with Gasteiger partial charge in [0.25, 0.3) is 0 Å². The number of rotatable bonds is 4. The van der Waals surface area contributed by atoms with E-state index < -0.39 is 0 Å². The van der Waals surface area contributed by atoms with E-state index in [1.807, 2.05) is 53.9 Å². The summed E-state index contributed by atoms with van der Waals surface area (Å²) < 4.78 is 3.71. The number of aromatic nitrogens is 5. The largest absolute Gasteiger partial charge is 0.377 e. The molecule has 3 aromatic rings. The second-order valence-electron chi connectivity index (χ2n) is 5.08. The maximum atomic E-state index is 4.44. The van der Waals surface area contributed by atoms with Gasteiger partial charge in [0.15, 0.2) is 0 Å². The molecule has 1 atom stereocenters. The molecule has 1 N–H and O–H groups in total. The SMILES string of the molecule is Cc1nn(C)cc1C(C)Nc1ccc(-n2ccnc2)nc1. The van der Waals surface area contributed by atoms with Crippen LogP contribution in [0, 0.1) is 6.92 Å². The summed E-state index contributed by atoms with van der Waals surface area (Å²) in [5.74, 6) is 0.850. The van der Waals surface area contributed by atoms with Gasteiger partial charge in [-0.3, -0.25) is 9.25 Å². The quantitative estimate of drug-likeness (QED) is 0.798. The van der Waals surface area contributed by atoms with E-state index in [2.05, 4.69) is 27.3 Å². The smallest absolute Gasteiger partial charge is 0.137 e. The average molecular weight is 282 g/mol. The maximum Gasteiger partial charge on any atom is 0.137 e. The van der Waals surface area contributed by atoms with Gasteiger partial charge in [-0.2, -0.15) is 5.10 Å². The van der Waals surface area contributed by atoms with Crippen molar-refractivity contribution in [1.82, 2.24) is 24.3 Å². The topological polar surface area (TPSA) is 60.6 Å². The fraction of sp³-hybridized carbons (Fsp3) is 0.267. The first-order valence-electron chi connectivity index (χ1n) is 6.84. The normalized spacial score (nSPS) is 12.3. The molecule has 0 aliphatic rings. The lowest BCUT2D eigenvalue weighted by atomic mass is 10.1. The number of nitrogens with zero attached hydrogens (tertiary/aromatic N) is 5. The molecule has 1 unspecified atom stereocenters. The Kier molecular flexibility index (Phi) is 3.43. The van der Waals surface area contributed by atoms with E-state index in [-0.39, 0.29) is 6.04 Å². The van der Waals surface area contributed by atoms with E-state index in [1.54, 1.807) is 12.5 Å². The lowest BCUT2D eigenvalue weighted by Crippen LogP contribution is -2.07. The zero-order chi connectivity index (χ0) is 14.8. The Morgan fingerprint density at radius 1 is 1.29 bits per heavy atom. The molecule has 3 aromatic heterocycles. The van der Waals surface area contributed by atoms with E-state index >= 15 is 0 Å². The molecule has 0 radical (unpaired) electrons. The monoisotopic (exact) mass is 282 g/mol. The van der Waals surface area contributed by atoms with Crippen LogP contribution < -0.4 is 5.32 Å². The Labute approximate surface area is 123 Å². The molecule has 6 nitrogen and oxygen atoms in total. The summed E-state index contributed by atoms with van der Waals surface area (Å²) in [7, 11) is 1.94. The van der Waals surface area contributed by atoms with Gasteiger partial charge in [0, 0.05) is 31.2 Å². The Bertz CT molecular complexity index is 711. The van der Waals surface area contributed by atoms with Crippen LogP contribution in [0.1, 0.15) is 24.2 Å². The molecule has 0 aliphatic carbocycles. The summed E-state index contributed by atoms with van der Waals surface area (Å²) in [6.07, 6.45) is 9.22. The minimum absolute atomic E-state index is 0.180. The molecule has 3 rings (SSSR count). The first-order valence-corrected chi connectivity index (χ1v) is 6.84. The predicted molar refractivity (Wildman–Crippen MR) is 81.3 cm³/mol. The van der Waals surface area contributed by atoms with Crippen molar-refractivity contribution >= 4 is 5.69 Å².